The van der Waals surface area contributed by atoms with Gasteiger partial charge in [0, 0.05) is 24.4 Å². The summed E-state index contributed by atoms with van der Waals surface area (Å²) in [5.74, 6) is 0.146. The molecule has 1 N–H and O–H groups in total. The van der Waals surface area contributed by atoms with Gasteiger partial charge in [-0.05, 0) is 22.8 Å². The van der Waals surface area contributed by atoms with Crippen molar-refractivity contribution in [3.63, 3.8) is 0 Å². The number of para-hydroxylation sites is 1. The van der Waals surface area contributed by atoms with Crippen molar-refractivity contribution >= 4 is 16.8 Å². The normalized spacial score (nSPS) is 16.3. The zero-order valence-corrected chi connectivity index (χ0v) is 14.8. The lowest BCUT2D eigenvalue weighted by molar-refractivity contribution is 0.0721. The summed E-state index contributed by atoms with van der Waals surface area (Å²) < 4.78 is 0. The molecule has 2 heterocycles. The first-order chi connectivity index (χ1) is 13.3. The van der Waals surface area contributed by atoms with Crippen molar-refractivity contribution in [1.29, 1.82) is 0 Å². The van der Waals surface area contributed by atoms with E-state index in [1.165, 1.54) is 16.7 Å². The van der Waals surface area contributed by atoms with Crippen molar-refractivity contribution in [2.24, 2.45) is 0 Å². The zero-order valence-electron chi connectivity index (χ0n) is 14.8. The van der Waals surface area contributed by atoms with Crippen LogP contribution < -0.4 is 0 Å². The van der Waals surface area contributed by atoms with Gasteiger partial charge in [-0.1, -0.05) is 72.8 Å². The number of nitrogens with one attached hydrogen (secondary N) is 1. The smallest absolute Gasteiger partial charge is 0.275 e. The number of fused-ring (bicyclic) bond motifs is 2. The second-order valence-electron chi connectivity index (χ2n) is 6.97. The van der Waals surface area contributed by atoms with Crippen LogP contribution in [0.15, 0.2) is 78.9 Å². The Balaban J connectivity index is 1.55. The van der Waals surface area contributed by atoms with E-state index in [0.717, 1.165) is 10.9 Å². The Labute approximate surface area is 157 Å². The van der Waals surface area contributed by atoms with Gasteiger partial charge in [-0.2, -0.15) is 5.10 Å². The van der Waals surface area contributed by atoms with E-state index in [2.05, 4.69) is 52.7 Å². The van der Waals surface area contributed by atoms with Crippen LogP contribution in [0, 0.1) is 0 Å². The lowest BCUT2D eigenvalue weighted by atomic mass is 9.84. The van der Waals surface area contributed by atoms with Crippen LogP contribution in [0.2, 0.25) is 0 Å². The number of nitrogens with zero attached hydrogens (tertiary/aromatic N) is 2. The summed E-state index contributed by atoms with van der Waals surface area (Å²) in [4.78, 5) is 15.2. The van der Waals surface area contributed by atoms with Crippen LogP contribution >= 0.6 is 0 Å². The molecule has 4 heteroatoms. The van der Waals surface area contributed by atoms with Gasteiger partial charge in [0.1, 0.15) is 0 Å². The number of aromatic amines is 1. The molecular formula is C23H19N3O. The fourth-order valence-corrected chi connectivity index (χ4v) is 4.01. The molecule has 1 aliphatic heterocycles. The SMILES string of the molecule is O=C(c1n[nH]c2ccccc12)N1Cc2ccccc2C(c2ccccc2)C1. The summed E-state index contributed by atoms with van der Waals surface area (Å²) in [5.41, 5.74) is 5.12. The third kappa shape index (κ3) is 2.70. The Kier molecular flexibility index (Phi) is 3.75. The number of rotatable bonds is 2. The first kappa shape index (κ1) is 15.8. The molecule has 1 aromatic heterocycles. The van der Waals surface area contributed by atoms with Crippen molar-refractivity contribution in [2.75, 3.05) is 6.54 Å². The number of H-pyrrole nitrogens is 1. The van der Waals surface area contributed by atoms with Crippen molar-refractivity contribution in [2.45, 2.75) is 12.5 Å². The molecule has 0 saturated heterocycles. The number of aromatic nitrogens is 2. The largest absolute Gasteiger partial charge is 0.332 e. The van der Waals surface area contributed by atoms with E-state index in [1.54, 1.807) is 0 Å². The number of carbonyl (C=O) groups excluding carboxylic acids is 1. The molecule has 4 nitrogen and oxygen atoms in total. The fourth-order valence-electron chi connectivity index (χ4n) is 4.01. The molecule has 0 radical (unpaired) electrons. The summed E-state index contributed by atoms with van der Waals surface area (Å²) in [6, 6.07) is 26.6. The standard InChI is InChI=1S/C23H19N3O/c27-23(22-19-12-6-7-13-21(19)24-25-22)26-14-17-10-4-5-11-18(17)20(15-26)16-8-2-1-3-9-16/h1-13,20H,14-15H2,(H,24,25). The van der Waals surface area contributed by atoms with Gasteiger partial charge in [-0.3, -0.25) is 9.89 Å². The van der Waals surface area contributed by atoms with Gasteiger partial charge >= 0.3 is 0 Å². The predicted molar refractivity (Wildman–Crippen MR) is 106 cm³/mol. The van der Waals surface area contributed by atoms with Crippen LogP contribution in [0.5, 0.6) is 0 Å². The Hall–Kier alpha value is -3.40. The topological polar surface area (TPSA) is 49.0 Å². The predicted octanol–water partition coefficient (Wildman–Crippen LogP) is 4.35. The summed E-state index contributed by atoms with van der Waals surface area (Å²) in [5, 5.41) is 8.15. The second-order valence-corrected chi connectivity index (χ2v) is 6.97. The number of benzene rings is 3. The molecule has 1 aliphatic rings. The minimum Gasteiger partial charge on any atom is -0.332 e. The molecule has 1 atom stereocenters. The molecule has 0 saturated carbocycles. The van der Waals surface area contributed by atoms with Crippen LogP contribution in [0.1, 0.15) is 33.1 Å². The molecule has 5 rings (SSSR count). The maximum absolute atomic E-state index is 13.3. The van der Waals surface area contributed by atoms with Crippen LogP contribution in [0.3, 0.4) is 0 Å². The van der Waals surface area contributed by atoms with Crippen LogP contribution in [-0.2, 0) is 6.54 Å². The van der Waals surface area contributed by atoms with Gasteiger partial charge in [0.25, 0.3) is 5.91 Å². The van der Waals surface area contributed by atoms with Crippen LogP contribution in [-0.4, -0.2) is 27.5 Å². The first-order valence-electron chi connectivity index (χ1n) is 9.16. The quantitative estimate of drug-likeness (QED) is 0.582. The van der Waals surface area contributed by atoms with Crippen molar-refractivity contribution in [1.82, 2.24) is 15.1 Å². The summed E-state index contributed by atoms with van der Waals surface area (Å²) in [7, 11) is 0. The summed E-state index contributed by atoms with van der Waals surface area (Å²) in [6.45, 7) is 1.26. The molecule has 27 heavy (non-hydrogen) atoms. The second kappa shape index (κ2) is 6.40. The van der Waals surface area contributed by atoms with E-state index in [4.69, 9.17) is 0 Å². The highest BCUT2D eigenvalue weighted by atomic mass is 16.2. The maximum Gasteiger partial charge on any atom is 0.275 e. The Morgan fingerprint density at radius 2 is 1.67 bits per heavy atom. The summed E-state index contributed by atoms with van der Waals surface area (Å²) in [6.07, 6.45) is 0. The first-order valence-corrected chi connectivity index (χ1v) is 9.16. The zero-order chi connectivity index (χ0) is 18.2. The van der Waals surface area contributed by atoms with Crippen molar-refractivity contribution < 1.29 is 4.79 Å². The van der Waals surface area contributed by atoms with E-state index in [0.29, 0.717) is 18.8 Å². The van der Waals surface area contributed by atoms with Crippen molar-refractivity contribution in [3.05, 3.63) is 101 Å². The van der Waals surface area contributed by atoms with E-state index in [1.807, 2.05) is 41.3 Å². The number of amides is 1. The lowest BCUT2D eigenvalue weighted by Gasteiger charge is -2.34. The molecule has 0 spiro atoms. The van der Waals surface area contributed by atoms with Gasteiger partial charge in [0.05, 0.1) is 5.52 Å². The minimum atomic E-state index is -0.0251. The Bertz CT molecular complexity index is 1120. The average Bonchev–Trinajstić information content (AvgIpc) is 3.17. The summed E-state index contributed by atoms with van der Waals surface area (Å²) >= 11 is 0. The number of hydrogen-bond donors (Lipinski definition) is 1. The van der Waals surface area contributed by atoms with Crippen molar-refractivity contribution in [3.8, 4) is 0 Å². The maximum atomic E-state index is 13.3. The Morgan fingerprint density at radius 1 is 0.926 bits per heavy atom. The van der Waals surface area contributed by atoms with Gasteiger partial charge in [-0.15, -0.1) is 0 Å². The third-order valence-electron chi connectivity index (χ3n) is 5.36. The molecule has 1 amide bonds. The molecule has 4 aromatic rings. The third-order valence-corrected chi connectivity index (χ3v) is 5.36. The number of hydrogen-bond acceptors (Lipinski definition) is 2. The van der Waals surface area contributed by atoms with E-state index in [-0.39, 0.29) is 11.8 Å². The molecule has 132 valence electrons. The van der Waals surface area contributed by atoms with E-state index >= 15 is 0 Å². The Morgan fingerprint density at radius 3 is 2.56 bits per heavy atom. The van der Waals surface area contributed by atoms with Gasteiger partial charge < -0.3 is 4.90 Å². The van der Waals surface area contributed by atoms with Gasteiger partial charge in [-0.25, -0.2) is 0 Å². The minimum absolute atomic E-state index is 0.0251. The molecule has 3 aromatic carbocycles. The molecular weight excluding hydrogens is 334 g/mol. The molecule has 1 unspecified atom stereocenters. The molecule has 0 bridgehead atoms. The van der Waals surface area contributed by atoms with Gasteiger partial charge in [0.2, 0.25) is 0 Å². The molecule has 0 aliphatic carbocycles. The van der Waals surface area contributed by atoms with Crippen LogP contribution in [0.4, 0.5) is 0 Å². The molecule has 0 fully saturated rings. The van der Waals surface area contributed by atoms with Crippen LogP contribution in [0.25, 0.3) is 10.9 Å². The number of carbonyl (C=O) groups is 1. The monoisotopic (exact) mass is 353 g/mol. The fraction of sp³-hybridized carbons (Fsp3) is 0.130. The van der Waals surface area contributed by atoms with E-state index < -0.39 is 0 Å². The van der Waals surface area contributed by atoms with Gasteiger partial charge in [0.15, 0.2) is 5.69 Å². The highest BCUT2D eigenvalue weighted by Gasteiger charge is 2.31. The van der Waals surface area contributed by atoms with E-state index in [9.17, 15) is 4.79 Å². The lowest BCUT2D eigenvalue weighted by Crippen LogP contribution is -2.38. The highest BCUT2D eigenvalue weighted by Crippen LogP contribution is 2.34. The average molecular weight is 353 g/mol. The highest BCUT2D eigenvalue weighted by molar-refractivity contribution is 6.04.